The van der Waals surface area contributed by atoms with Crippen molar-refractivity contribution in [3.8, 4) is 11.1 Å². The van der Waals surface area contributed by atoms with Crippen LogP contribution in [0.25, 0.3) is 21.2 Å². The molecule has 158 valence electrons. The number of fused-ring (bicyclic) bond motifs is 1. The maximum absolute atomic E-state index is 13.1. The molecule has 2 aromatic carbocycles. The lowest BCUT2D eigenvalue weighted by molar-refractivity contribution is 0.0529. The van der Waals surface area contributed by atoms with E-state index < -0.39 is 5.97 Å². The first kappa shape index (κ1) is 21.8. The van der Waals surface area contributed by atoms with Crippen LogP contribution in [0, 0.1) is 6.92 Å². The molecule has 4 rings (SSSR count). The number of esters is 1. The molecule has 0 aliphatic heterocycles. The van der Waals surface area contributed by atoms with Gasteiger partial charge in [-0.3, -0.25) is 4.79 Å². The smallest absolute Gasteiger partial charge is 0.341 e. The molecule has 4 aromatic rings. The Morgan fingerprint density at radius 1 is 1.10 bits per heavy atom. The first-order chi connectivity index (χ1) is 14.9. The minimum Gasteiger partial charge on any atom is -0.462 e. The van der Waals surface area contributed by atoms with Gasteiger partial charge >= 0.3 is 5.97 Å². The van der Waals surface area contributed by atoms with E-state index in [0.29, 0.717) is 31.1 Å². The van der Waals surface area contributed by atoms with Gasteiger partial charge in [-0.1, -0.05) is 47.5 Å². The molecular formula is C23H17Cl2NO3S2. The average molecular weight is 490 g/mol. The van der Waals surface area contributed by atoms with Gasteiger partial charge in [-0.15, -0.1) is 22.7 Å². The topological polar surface area (TPSA) is 55.4 Å². The molecule has 0 saturated heterocycles. The van der Waals surface area contributed by atoms with Gasteiger partial charge in [0, 0.05) is 26.1 Å². The molecule has 0 unspecified atom stereocenters. The van der Waals surface area contributed by atoms with E-state index in [4.69, 9.17) is 27.9 Å². The van der Waals surface area contributed by atoms with Crippen LogP contribution in [-0.4, -0.2) is 18.5 Å². The van der Waals surface area contributed by atoms with Crippen molar-refractivity contribution in [2.45, 2.75) is 13.8 Å². The van der Waals surface area contributed by atoms with E-state index in [0.717, 1.165) is 21.2 Å². The lowest BCUT2D eigenvalue weighted by atomic mass is 10.0. The number of thiophene rings is 2. The number of amides is 1. The summed E-state index contributed by atoms with van der Waals surface area (Å²) in [6, 6.07) is 13.0. The second kappa shape index (κ2) is 9.01. The first-order valence-electron chi connectivity index (χ1n) is 9.43. The van der Waals surface area contributed by atoms with Crippen molar-refractivity contribution < 1.29 is 14.3 Å². The average Bonchev–Trinajstić information content (AvgIpc) is 3.29. The van der Waals surface area contributed by atoms with Gasteiger partial charge in [0.15, 0.2) is 0 Å². The van der Waals surface area contributed by atoms with Gasteiger partial charge in [0.2, 0.25) is 0 Å². The number of benzene rings is 2. The Balaban J connectivity index is 1.72. The van der Waals surface area contributed by atoms with Gasteiger partial charge in [0.25, 0.3) is 5.91 Å². The maximum atomic E-state index is 13.1. The Kier molecular flexibility index (Phi) is 6.34. The van der Waals surface area contributed by atoms with Crippen LogP contribution in [0.15, 0.2) is 47.8 Å². The summed E-state index contributed by atoms with van der Waals surface area (Å²) in [5, 5.41) is 6.94. The van der Waals surface area contributed by atoms with Crippen LogP contribution in [0.2, 0.25) is 10.0 Å². The highest BCUT2D eigenvalue weighted by Crippen LogP contribution is 2.39. The molecule has 0 aliphatic carbocycles. The SMILES string of the molecule is CCOC(=O)c1c(-c2ccc(Cl)cc2)csc1NC(=O)c1sc2cc(C)ccc2c1Cl. The number of hydrogen-bond donors (Lipinski definition) is 1. The normalized spacial score (nSPS) is 11.0. The highest BCUT2D eigenvalue weighted by molar-refractivity contribution is 7.22. The molecule has 2 aromatic heterocycles. The van der Waals surface area contributed by atoms with E-state index in [1.807, 2.05) is 42.6 Å². The van der Waals surface area contributed by atoms with Gasteiger partial charge < -0.3 is 10.1 Å². The number of carbonyl (C=O) groups excluding carboxylic acids is 2. The van der Waals surface area contributed by atoms with Crippen molar-refractivity contribution in [2.24, 2.45) is 0 Å². The van der Waals surface area contributed by atoms with Gasteiger partial charge in [0.05, 0.1) is 11.6 Å². The summed E-state index contributed by atoms with van der Waals surface area (Å²) in [6.07, 6.45) is 0. The minimum atomic E-state index is -0.498. The van der Waals surface area contributed by atoms with E-state index in [1.54, 1.807) is 19.1 Å². The maximum Gasteiger partial charge on any atom is 0.341 e. The number of carbonyl (C=O) groups is 2. The minimum absolute atomic E-state index is 0.226. The fourth-order valence-corrected chi connectivity index (χ4v) is 5.76. The second-order valence-corrected chi connectivity index (χ2v) is 9.53. The van der Waals surface area contributed by atoms with Crippen molar-refractivity contribution in [1.82, 2.24) is 0 Å². The third-order valence-corrected chi connectivity index (χ3v) is 7.45. The summed E-state index contributed by atoms with van der Waals surface area (Å²) in [4.78, 5) is 26.2. The molecule has 1 amide bonds. The quantitative estimate of drug-likeness (QED) is 0.292. The highest BCUT2D eigenvalue weighted by Gasteiger charge is 2.25. The number of anilines is 1. The Morgan fingerprint density at radius 2 is 1.84 bits per heavy atom. The third kappa shape index (κ3) is 4.34. The molecule has 0 atom stereocenters. The van der Waals surface area contributed by atoms with E-state index >= 15 is 0 Å². The van der Waals surface area contributed by atoms with Crippen LogP contribution in [0.3, 0.4) is 0 Å². The summed E-state index contributed by atoms with van der Waals surface area (Å²) in [5.41, 5.74) is 2.89. The summed E-state index contributed by atoms with van der Waals surface area (Å²) in [6.45, 7) is 3.95. The van der Waals surface area contributed by atoms with Crippen LogP contribution in [0.5, 0.6) is 0 Å². The zero-order valence-corrected chi connectivity index (χ0v) is 19.8. The largest absolute Gasteiger partial charge is 0.462 e. The van der Waals surface area contributed by atoms with Crippen molar-refractivity contribution in [3.63, 3.8) is 0 Å². The van der Waals surface area contributed by atoms with Crippen LogP contribution in [0.4, 0.5) is 5.00 Å². The lowest BCUT2D eigenvalue weighted by Gasteiger charge is -2.08. The molecular weight excluding hydrogens is 473 g/mol. The molecule has 4 nitrogen and oxygen atoms in total. The number of hydrogen-bond acceptors (Lipinski definition) is 5. The number of halogens is 2. The van der Waals surface area contributed by atoms with Gasteiger partial charge in [0.1, 0.15) is 15.4 Å². The predicted molar refractivity (Wildman–Crippen MR) is 130 cm³/mol. The van der Waals surface area contributed by atoms with Crippen LogP contribution < -0.4 is 5.32 Å². The summed E-state index contributed by atoms with van der Waals surface area (Å²) >= 11 is 15.1. The molecule has 0 aliphatic rings. The molecule has 0 radical (unpaired) electrons. The molecule has 0 fully saturated rings. The van der Waals surface area contributed by atoms with Crippen LogP contribution >= 0.6 is 45.9 Å². The number of rotatable bonds is 5. The lowest BCUT2D eigenvalue weighted by Crippen LogP contribution is -2.14. The highest BCUT2D eigenvalue weighted by atomic mass is 35.5. The molecule has 2 heterocycles. The Morgan fingerprint density at radius 3 is 2.55 bits per heavy atom. The first-order valence-corrected chi connectivity index (χ1v) is 11.9. The molecule has 1 N–H and O–H groups in total. The van der Waals surface area contributed by atoms with Gasteiger partial charge in [-0.05, 0) is 43.2 Å². The zero-order chi connectivity index (χ0) is 22.1. The van der Waals surface area contributed by atoms with Crippen molar-refractivity contribution in [2.75, 3.05) is 11.9 Å². The van der Waals surface area contributed by atoms with Crippen molar-refractivity contribution >= 4 is 72.8 Å². The number of nitrogens with one attached hydrogen (secondary N) is 1. The van der Waals surface area contributed by atoms with E-state index in [9.17, 15) is 9.59 Å². The monoisotopic (exact) mass is 489 g/mol. The van der Waals surface area contributed by atoms with Gasteiger partial charge in [-0.2, -0.15) is 0 Å². The van der Waals surface area contributed by atoms with Crippen molar-refractivity contribution in [3.05, 3.63) is 73.9 Å². The summed E-state index contributed by atoms with van der Waals surface area (Å²) in [5.74, 6) is -0.860. The molecule has 0 bridgehead atoms. The number of ether oxygens (including phenoxy) is 1. The van der Waals surface area contributed by atoms with E-state index in [1.165, 1.54) is 22.7 Å². The Labute approximate surface area is 197 Å². The Hall–Kier alpha value is -2.38. The molecule has 31 heavy (non-hydrogen) atoms. The van der Waals surface area contributed by atoms with Gasteiger partial charge in [-0.25, -0.2) is 4.79 Å². The molecule has 0 saturated carbocycles. The fourth-order valence-electron chi connectivity index (χ4n) is 3.18. The Bertz CT molecular complexity index is 1290. The summed E-state index contributed by atoms with van der Waals surface area (Å²) < 4.78 is 6.19. The van der Waals surface area contributed by atoms with Crippen molar-refractivity contribution in [1.29, 1.82) is 0 Å². The summed E-state index contributed by atoms with van der Waals surface area (Å²) in [7, 11) is 0. The molecule has 0 spiro atoms. The van der Waals surface area contributed by atoms with Crippen LogP contribution in [-0.2, 0) is 4.74 Å². The zero-order valence-electron chi connectivity index (χ0n) is 16.6. The fraction of sp³-hybridized carbons (Fsp3) is 0.130. The predicted octanol–water partition coefficient (Wildman–Crippen LogP) is 7.67. The second-order valence-electron chi connectivity index (χ2n) is 6.78. The number of aryl methyl sites for hydroxylation is 1. The standard InChI is InChI=1S/C23H17Cl2NO3S2/c1-3-29-23(28)18-16(13-5-7-14(24)8-6-13)11-30-22(18)26-21(27)20-19(25)15-9-4-12(2)10-17(15)31-20/h4-11H,3H2,1-2H3,(H,26,27). The van der Waals surface area contributed by atoms with E-state index in [-0.39, 0.29) is 12.5 Å². The molecule has 8 heteroatoms. The third-order valence-electron chi connectivity index (χ3n) is 4.64. The van der Waals surface area contributed by atoms with E-state index in [2.05, 4.69) is 5.32 Å². The van der Waals surface area contributed by atoms with Crippen LogP contribution in [0.1, 0.15) is 32.5 Å².